The van der Waals surface area contributed by atoms with Crippen LogP contribution in [-0.4, -0.2) is 11.0 Å². The van der Waals surface area contributed by atoms with Gasteiger partial charge in [-0.1, -0.05) is 30.3 Å². The summed E-state index contributed by atoms with van der Waals surface area (Å²) < 4.78 is 0.195. The third-order valence-corrected chi connectivity index (χ3v) is 3.35. The number of nitrogens with zero attached hydrogens (tertiary/aromatic N) is 1. The summed E-state index contributed by atoms with van der Waals surface area (Å²) >= 11 is 1.90. The van der Waals surface area contributed by atoms with E-state index >= 15 is 0 Å². The number of hydrogen-bond donors (Lipinski definition) is 0. The molecule has 0 saturated carbocycles. The van der Waals surface area contributed by atoms with Crippen LogP contribution in [0.1, 0.15) is 24.8 Å². The van der Waals surface area contributed by atoms with Crippen molar-refractivity contribution in [2.24, 2.45) is 4.99 Å². The Morgan fingerprint density at radius 3 is 2.46 bits per heavy atom. The van der Waals surface area contributed by atoms with E-state index in [4.69, 9.17) is 0 Å². The molecule has 0 saturated heterocycles. The summed E-state index contributed by atoms with van der Waals surface area (Å²) in [6, 6.07) is 10.4. The standard InChI is InChI=1S/C11H13NS/c1-11(2)8-12-10(13-11)9-6-4-3-5-7-9/h3-8,10H,1-2H3/t10-/m0/s1. The molecule has 1 aromatic rings. The first kappa shape index (κ1) is 8.82. The van der Waals surface area contributed by atoms with E-state index in [1.807, 2.05) is 17.8 Å². The second-order valence-corrected chi connectivity index (χ2v) is 5.50. The van der Waals surface area contributed by atoms with Crippen LogP contribution in [0.25, 0.3) is 0 Å². The highest BCUT2D eigenvalue weighted by molar-refractivity contribution is 8.01. The van der Waals surface area contributed by atoms with Crippen LogP contribution in [0.2, 0.25) is 0 Å². The molecule has 2 rings (SSSR count). The Hall–Kier alpha value is -0.760. The zero-order valence-electron chi connectivity index (χ0n) is 7.90. The normalized spacial score (nSPS) is 24.9. The highest BCUT2D eigenvalue weighted by atomic mass is 32.2. The van der Waals surface area contributed by atoms with Crippen LogP contribution in [0.4, 0.5) is 0 Å². The molecule has 1 aliphatic rings. The summed E-state index contributed by atoms with van der Waals surface area (Å²) in [7, 11) is 0. The Labute approximate surface area is 83.3 Å². The summed E-state index contributed by atoms with van der Waals surface area (Å²) in [5.74, 6) is 0. The number of benzene rings is 1. The maximum absolute atomic E-state index is 4.50. The van der Waals surface area contributed by atoms with E-state index in [9.17, 15) is 0 Å². The maximum Gasteiger partial charge on any atom is 0.121 e. The van der Waals surface area contributed by atoms with Gasteiger partial charge in [-0.3, -0.25) is 4.99 Å². The van der Waals surface area contributed by atoms with Crippen molar-refractivity contribution in [1.82, 2.24) is 0 Å². The zero-order valence-corrected chi connectivity index (χ0v) is 8.71. The van der Waals surface area contributed by atoms with Gasteiger partial charge < -0.3 is 0 Å². The van der Waals surface area contributed by atoms with Crippen LogP contribution in [-0.2, 0) is 0 Å². The first-order valence-electron chi connectivity index (χ1n) is 4.44. The summed E-state index contributed by atoms with van der Waals surface area (Å²) in [6.45, 7) is 4.40. The molecule has 1 aromatic carbocycles. The number of rotatable bonds is 1. The summed E-state index contributed by atoms with van der Waals surface area (Å²) in [4.78, 5) is 4.50. The summed E-state index contributed by atoms with van der Waals surface area (Å²) in [5.41, 5.74) is 1.30. The highest BCUT2D eigenvalue weighted by Crippen LogP contribution is 2.43. The van der Waals surface area contributed by atoms with E-state index in [1.54, 1.807) is 0 Å². The predicted molar refractivity (Wildman–Crippen MR) is 59.3 cm³/mol. The van der Waals surface area contributed by atoms with Crippen LogP contribution >= 0.6 is 11.8 Å². The van der Waals surface area contributed by atoms with Gasteiger partial charge in [0.25, 0.3) is 0 Å². The minimum atomic E-state index is 0.195. The molecule has 13 heavy (non-hydrogen) atoms. The largest absolute Gasteiger partial charge is 0.277 e. The van der Waals surface area contributed by atoms with E-state index in [0.29, 0.717) is 5.37 Å². The van der Waals surface area contributed by atoms with Gasteiger partial charge in [0.15, 0.2) is 0 Å². The fourth-order valence-electron chi connectivity index (χ4n) is 1.37. The second kappa shape index (κ2) is 3.18. The third-order valence-electron chi connectivity index (χ3n) is 2.02. The first-order valence-corrected chi connectivity index (χ1v) is 5.32. The molecule has 68 valence electrons. The Morgan fingerprint density at radius 1 is 1.23 bits per heavy atom. The minimum absolute atomic E-state index is 0.195. The van der Waals surface area contributed by atoms with Crippen LogP contribution in [0.3, 0.4) is 0 Å². The molecule has 0 bridgehead atoms. The van der Waals surface area contributed by atoms with Crippen molar-refractivity contribution in [3.05, 3.63) is 35.9 Å². The van der Waals surface area contributed by atoms with Crippen molar-refractivity contribution < 1.29 is 0 Å². The van der Waals surface area contributed by atoms with Crippen molar-refractivity contribution in [2.45, 2.75) is 24.0 Å². The predicted octanol–water partition coefficient (Wildman–Crippen LogP) is 3.28. The average molecular weight is 191 g/mol. The average Bonchev–Trinajstić information content (AvgIpc) is 2.48. The van der Waals surface area contributed by atoms with Gasteiger partial charge in [0, 0.05) is 11.0 Å². The lowest BCUT2D eigenvalue weighted by molar-refractivity contribution is 0.987. The number of aliphatic imine (C=N–C) groups is 1. The molecule has 1 nitrogen and oxygen atoms in total. The third kappa shape index (κ3) is 1.94. The fourth-order valence-corrected chi connectivity index (χ4v) is 2.48. The van der Waals surface area contributed by atoms with Gasteiger partial charge in [-0.2, -0.15) is 0 Å². The minimum Gasteiger partial charge on any atom is -0.277 e. The lowest BCUT2D eigenvalue weighted by atomic mass is 10.2. The van der Waals surface area contributed by atoms with Crippen molar-refractivity contribution in [3.63, 3.8) is 0 Å². The summed E-state index contributed by atoms with van der Waals surface area (Å²) in [5, 5.41) is 0.302. The van der Waals surface area contributed by atoms with E-state index in [1.165, 1.54) is 5.56 Å². The van der Waals surface area contributed by atoms with Crippen LogP contribution in [0.15, 0.2) is 35.3 Å². The molecular weight excluding hydrogens is 178 g/mol. The van der Waals surface area contributed by atoms with Crippen LogP contribution < -0.4 is 0 Å². The molecule has 0 aliphatic carbocycles. The van der Waals surface area contributed by atoms with Crippen molar-refractivity contribution in [1.29, 1.82) is 0 Å². The molecule has 1 atom stereocenters. The zero-order chi connectivity index (χ0) is 9.31. The molecule has 2 heteroatoms. The Morgan fingerprint density at radius 2 is 1.92 bits per heavy atom. The van der Waals surface area contributed by atoms with Crippen molar-refractivity contribution in [3.8, 4) is 0 Å². The SMILES string of the molecule is CC1(C)C=N[C@H](c2ccccc2)S1. The van der Waals surface area contributed by atoms with Gasteiger partial charge in [0.1, 0.15) is 5.37 Å². The quantitative estimate of drug-likeness (QED) is 0.663. The molecule has 0 N–H and O–H groups in total. The van der Waals surface area contributed by atoms with E-state index in [2.05, 4.69) is 49.3 Å². The van der Waals surface area contributed by atoms with Gasteiger partial charge in [0.05, 0.1) is 0 Å². The molecule has 0 unspecified atom stereocenters. The van der Waals surface area contributed by atoms with Gasteiger partial charge in [-0.05, 0) is 19.4 Å². The van der Waals surface area contributed by atoms with Gasteiger partial charge in [-0.15, -0.1) is 11.8 Å². The van der Waals surface area contributed by atoms with Crippen molar-refractivity contribution >= 4 is 18.0 Å². The van der Waals surface area contributed by atoms with E-state index in [-0.39, 0.29) is 4.75 Å². The first-order chi connectivity index (χ1) is 6.17. The van der Waals surface area contributed by atoms with E-state index < -0.39 is 0 Å². The summed E-state index contributed by atoms with van der Waals surface area (Å²) in [6.07, 6.45) is 2.05. The molecule has 1 aliphatic heterocycles. The van der Waals surface area contributed by atoms with Crippen molar-refractivity contribution in [2.75, 3.05) is 0 Å². The van der Waals surface area contributed by atoms with Gasteiger partial charge >= 0.3 is 0 Å². The van der Waals surface area contributed by atoms with E-state index in [0.717, 1.165) is 0 Å². The lowest BCUT2D eigenvalue weighted by Crippen LogP contribution is -2.11. The molecule has 0 radical (unpaired) electrons. The fraction of sp³-hybridized carbons (Fsp3) is 0.364. The van der Waals surface area contributed by atoms with Gasteiger partial charge in [-0.25, -0.2) is 0 Å². The Kier molecular flexibility index (Phi) is 2.16. The second-order valence-electron chi connectivity index (χ2n) is 3.76. The molecule has 0 aromatic heterocycles. The monoisotopic (exact) mass is 191 g/mol. The smallest absolute Gasteiger partial charge is 0.121 e. The van der Waals surface area contributed by atoms with Crippen LogP contribution in [0.5, 0.6) is 0 Å². The molecule has 0 fully saturated rings. The molecule has 0 amide bonds. The number of hydrogen-bond acceptors (Lipinski definition) is 2. The molecular formula is C11H13NS. The molecule has 0 spiro atoms. The Bertz CT molecular complexity index is 316. The lowest BCUT2D eigenvalue weighted by Gasteiger charge is -2.14. The van der Waals surface area contributed by atoms with Crippen LogP contribution in [0, 0.1) is 0 Å². The highest BCUT2D eigenvalue weighted by Gasteiger charge is 2.28. The maximum atomic E-state index is 4.50. The number of thioether (sulfide) groups is 1. The molecule has 1 heterocycles. The topological polar surface area (TPSA) is 12.4 Å². The van der Waals surface area contributed by atoms with Gasteiger partial charge in [0.2, 0.25) is 0 Å². The Balaban J connectivity index is 2.19.